The van der Waals surface area contributed by atoms with Gasteiger partial charge in [0.25, 0.3) is 5.91 Å². The predicted octanol–water partition coefficient (Wildman–Crippen LogP) is 3.34. The molecule has 1 aliphatic carbocycles. The van der Waals surface area contributed by atoms with Crippen molar-refractivity contribution in [1.29, 1.82) is 0 Å². The summed E-state index contributed by atoms with van der Waals surface area (Å²) in [5, 5.41) is 7.20. The average molecular weight is 264 g/mol. The molecule has 0 unspecified atom stereocenters. The molecule has 1 aromatic heterocycles. The lowest BCUT2D eigenvalue weighted by Gasteiger charge is -2.23. The molecule has 0 radical (unpaired) electrons. The predicted molar refractivity (Wildman–Crippen MR) is 74.3 cm³/mol. The maximum absolute atomic E-state index is 12.5. The standard InChI is InChI=1S/C15H24N2O2/c1-10-12(13(17-19-10)15(2,3)4)14(18)16-11-8-6-5-7-9-11/h11H,5-9H2,1-4H3,(H,16,18). The minimum atomic E-state index is -0.184. The molecule has 106 valence electrons. The van der Waals surface area contributed by atoms with Gasteiger partial charge in [-0.2, -0.15) is 0 Å². The van der Waals surface area contributed by atoms with E-state index < -0.39 is 0 Å². The van der Waals surface area contributed by atoms with Gasteiger partial charge in [0.15, 0.2) is 0 Å². The molecule has 1 amide bonds. The van der Waals surface area contributed by atoms with Gasteiger partial charge in [-0.1, -0.05) is 45.2 Å². The van der Waals surface area contributed by atoms with Crippen LogP contribution in [0.1, 0.15) is 74.7 Å². The summed E-state index contributed by atoms with van der Waals surface area (Å²) in [6.45, 7) is 7.93. The Bertz CT molecular complexity index is 451. The highest BCUT2D eigenvalue weighted by Crippen LogP contribution is 2.27. The van der Waals surface area contributed by atoms with E-state index in [0.29, 0.717) is 17.4 Å². The van der Waals surface area contributed by atoms with Gasteiger partial charge in [0.2, 0.25) is 0 Å². The van der Waals surface area contributed by atoms with E-state index >= 15 is 0 Å². The first-order valence-electron chi connectivity index (χ1n) is 7.17. The third-order valence-corrected chi connectivity index (χ3v) is 3.74. The van der Waals surface area contributed by atoms with Crippen LogP contribution in [0.25, 0.3) is 0 Å². The molecule has 1 aliphatic rings. The lowest BCUT2D eigenvalue weighted by Crippen LogP contribution is -2.37. The first-order valence-corrected chi connectivity index (χ1v) is 7.17. The van der Waals surface area contributed by atoms with Crippen LogP contribution in [0.5, 0.6) is 0 Å². The SMILES string of the molecule is Cc1onc(C(C)(C)C)c1C(=O)NC1CCCCC1. The van der Waals surface area contributed by atoms with Gasteiger partial charge < -0.3 is 9.84 Å². The molecule has 2 rings (SSSR count). The van der Waals surface area contributed by atoms with Crippen LogP contribution in [-0.4, -0.2) is 17.1 Å². The van der Waals surface area contributed by atoms with Crippen LogP contribution >= 0.6 is 0 Å². The Morgan fingerprint density at radius 3 is 2.47 bits per heavy atom. The number of carbonyl (C=O) groups excluding carboxylic acids is 1. The minimum Gasteiger partial charge on any atom is -0.361 e. The lowest BCUT2D eigenvalue weighted by atomic mass is 9.88. The highest BCUT2D eigenvalue weighted by molar-refractivity contribution is 5.96. The highest BCUT2D eigenvalue weighted by Gasteiger charge is 2.29. The van der Waals surface area contributed by atoms with Crippen LogP contribution in [0.15, 0.2) is 4.52 Å². The molecule has 1 N–H and O–H groups in total. The Balaban J connectivity index is 2.16. The summed E-state index contributed by atoms with van der Waals surface area (Å²) in [5.41, 5.74) is 1.19. The van der Waals surface area contributed by atoms with E-state index in [1.165, 1.54) is 19.3 Å². The summed E-state index contributed by atoms with van der Waals surface area (Å²) in [7, 11) is 0. The first-order chi connectivity index (χ1) is 8.89. The largest absolute Gasteiger partial charge is 0.361 e. The Kier molecular flexibility index (Phi) is 3.97. The van der Waals surface area contributed by atoms with Crippen LogP contribution in [0, 0.1) is 6.92 Å². The monoisotopic (exact) mass is 264 g/mol. The van der Waals surface area contributed by atoms with Crippen LogP contribution in [0.2, 0.25) is 0 Å². The molecular formula is C15H24N2O2. The second-order valence-electron chi connectivity index (χ2n) is 6.52. The van der Waals surface area contributed by atoms with Gasteiger partial charge in [0.05, 0.1) is 0 Å². The van der Waals surface area contributed by atoms with Crippen molar-refractivity contribution in [2.45, 2.75) is 71.3 Å². The van der Waals surface area contributed by atoms with Gasteiger partial charge in [-0.25, -0.2) is 0 Å². The summed E-state index contributed by atoms with van der Waals surface area (Å²) in [4.78, 5) is 12.5. The van der Waals surface area contributed by atoms with Gasteiger partial charge in [-0.3, -0.25) is 4.79 Å². The van der Waals surface area contributed by atoms with Gasteiger partial charge in [0, 0.05) is 11.5 Å². The van der Waals surface area contributed by atoms with E-state index in [1.807, 2.05) is 20.8 Å². The van der Waals surface area contributed by atoms with E-state index in [9.17, 15) is 4.79 Å². The molecule has 0 aromatic carbocycles. The summed E-state index contributed by atoms with van der Waals surface area (Å²) in [6, 6.07) is 0.309. The smallest absolute Gasteiger partial charge is 0.257 e. The molecule has 0 spiro atoms. The molecule has 4 heteroatoms. The summed E-state index contributed by atoms with van der Waals surface area (Å²) < 4.78 is 5.22. The number of carbonyl (C=O) groups is 1. The Morgan fingerprint density at radius 1 is 1.26 bits per heavy atom. The molecule has 1 aromatic rings. The average Bonchev–Trinajstić information content (AvgIpc) is 2.72. The Hall–Kier alpha value is -1.32. The van der Waals surface area contributed by atoms with Gasteiger partial charge in [-0.05, 0) is 19.8 Å². The fourth-order valence-electron chi connectivity index (χ4n) is 2.66. The molecule has 0 aliphatic heterocycles. The van der Waals surface area contributed by atoms with Crippen molar-refractivity contribution in [2.24, 2.45) is 0 Å². The molecular weight excluding hydrogens is 240 g/mol. The third kappa shape index (κ3) is 3.17. The normalized spacial score (nSPS) is 17.5. The number of nitrogens with one attached hydrogen (secondary N) is 1. The minimum absolute atomic E-state index is 0.0319. The number of aromatic nitrogens is 1. The van der Waals surface area contributed by atoms with Crippen LogP contribution in [0.3, 0.4) is 0 Å². The van der Waals surface area contributed by atoms with Crippen molar-refractivity contribution in [3.05, 3.63) is 17.0 Å². The van der Waals surface area contributed by atoms with Crippen molar-refractivity contribution in [2.75, 3.05) is 0 Å². The topological polar surface area (TPSA) is 55.1 Å². The second kappa shape index (κ2) is 5.35. The zero-order valence-electron chi connectivity index (χ0n) is 12.4. The molecule has 1 fully saturated rings. The van der Waals surface area contributed by atoms with E-state index in [1.54, 1.807) is 6.92 Å². The highest BCUT2D eigenvalue weighted by atomic mass is 16.5. The van der Waals surface area contributed by atoms with Gasteiger partial charge >= 0.3 is 0 Å². The number of aryl methyl sites for hydroxylation is 1. The molecule has 4 nitrogen and oxygen atoms in total. The first kappa shape index (κ1) is 14.1. The summed E-state index contributed by atoms with van der Waals surface area (Å²) in [5.74, 6) is 0.578. The lowest BCUT2D eigenvalue weighted by molar-refractivity contribution is 0.0924. The van der Waals surface area contributed by atoms with E-state index in [-0.39, 0.29) is 11.3 Å². The molecule has 0 saturated heterocycles. The van der Waals surface area contributed by atoms with Crippen molar-refractivity contribution < 1.29 is 9.32 Å². The zero-order chi connectivity index (χ0) is 14.0. The quantitative estimate of drug-likeness (QED) is 0.891. The molecule has 0 bridgehead atoms. The number of rotatable bonds is 2. The maximum atomic E-state index is 12.5. The van der Waals surface area contributed by atoms with E-state index in [2.05, 4.69) is 10.5 Å². The summed E-state index contributed by atoms with van der Waals surface area (Å²) >= 11 is 0. The van der Waals surface area contributed by atoms with Crippen molar-refractivity contribution in [3.63, 3.8) is 0 Å². The second-order valence-corrected chi connectivity index (χ2v) is 6.52. The van der Waals surface area contributed by atoms with E-state index in [4.69, 9.17) is 4.52 Å². The molecule has 1 saturated carbocycles. The van der Waals surface area contributed by atoms with Crippen molar-refractivity contribution in [3.8, 4) is 0 Å². The molecule has 19 heavy (non-hydrogen) atoms. The van der Waals surface area contributed by atoms with Crippen molar-refractivity contribution in [1.82, 2.24) is 10.5 Å². The number of nitrogens with zero attached hydrogens (tertiary/aromatic N) is 1. The molecule has 1 heterocycles. The van der Waals surface area contributed by atoms with Gasteiger partial charge in [-0.15, -0.1) is 0 Å². The van der Waals surface area contributed by atoms with E-state index in [0.717, 1.165) is 18.5 Å². The number of hydrogen-bond acceptors (Lipinski definition) is 3. The fraction of sp³-hybridized carbons (Fsp3) is 0.733. The third-order valence-electron chi connectivity index (χ3n) is 3.74. The Morgan fingerprint density at radius 2 is 1.89 bits per heavy atom. The maximum Gasteiger partial charge on any atom is 0.257 e. The number of amides is 1. The van der Waals surface area contributed by atoms with Gasteiger partial charge in [0.1, 0.15) is 17.0 Å². The van der Waals surface area contributed by atoms with Crippen LogP contribution in [0.4, 0.5) is 0 Å². The summed E-state index contributed by atoms with van der Waals surface area (Å²) in [6.07, 6.45) is 5.87. The van der Waals surface area contributed by atoms with Crippen LogP contribution < -0.4 is 5.32 Å². The molecule has 0 atom stereocenters. The fourth-order valence-corrected chi connectivity index (χ4v) is 2.66. The Labute approximate surface area is 114 Å². The van der Waals surface area contributed by atoms with Crippen molar-refractivity contribution >= 4 is 5.91 Å². The zero-order valence-corrected chi connectivity index (χ0v) is 12.4. The van der Waals surface area contributed by atoms with Crippen LogP contribution in [-0.2, 0) is 5.41 Å². The number of hydrogen-bond donors (Lipinski definition) is 1.